The van der Waals surface area contributed by atoms with Crippen molar-refractivity contribution in [3.05, 3.63) is 24.3 Å². The molecule has 4 N–H and O–H groups in total. The van der Waals surface area contributed by atoms with E-state index in [1.165, 1.54) is 0 Å². The molecular formula is C13H20N2O3. The molecule has 0 spiro atoms. The molecule has 0 aliphatic rings. The zero-order valence-corrected chi connectivity index (χ0v) is 10.9. The van der Waals surface area contributed by atoms with Crippen molar-refractivity contribution in [2.45, 2.75) is 32.4 Å². The Morgan fingerprint density at radius 3 is 2.78 bits per heavy atom. The minimum atomic E-state index is -0.829. The molecule has 0 radical (unpaired) electrons. The second kappa shape index (κ2) is 5.73. The standard InChI is InChI=1S/C13H20N2O3/c1-9(13(2,3)17)15-10-5-4-6-11(7-10)18-8-12(14)16/h4-7,9,15,17H,8H2,1-3H3,(H2,14,16). The molecule has 0 saturated heterocycles. The van der Waals surface area contributed by atoms with Crippen LogP contribution >= 0.6 is 0 Å². The molecule has 1 aromatic rings. The first-order chi connectivity index (χ1) is 8.29. The van der Waals surface area contributed by atoms with E-state index in [-0.39, 0.29) is 12.6 Å². The summed E-state index contributed by atoms with van der Waals surface area (Å²) >= 11 is 0. The van der Waals surface area contributed by atoms with Gasteiger partial charge in [0.05, 0.1) is 11.6 Å². The van der Waals surface area contributed by atoms with Crippen LogP contribution in [0.4, 0.5) is 5.69 Å². The predicted molar refractivity (Wildman–Crippen MR) is 70.5 cm³/mol. The van der Waals surface area contributed by atoms with Gasteiger partial charge in [0.25, 0.3) is 5.91 Å². The summed E-state index contributed by atoms with van der Waals surface area (Å²) in [5.74, 6) is 0.0416. The SMILES string of the molecule is CC(Nc1cccc(OCC(N)=O)c1)C(C)(C)O. The first kappa shape index (κ1) is 14.3. The van der Waals surface area contributed by atoms with Gasteiger partial charge in [0, 0.05) is 11.8 Å². The first-order valence-electron chi connectivity index (χ1n) is 5.79. The van der Waals surface area contributed by atoms with Crippen molar-refractivity contribution >= 4 is 11.6 Å². The largest absolute Gasteiger partial charge is 0.484 e. The molecule has 18 heavy (non-hydrogen) atoms. The van der Waals surface area contributed by atoms with Gasteiger partial charge in [-0.1, -0.05) is 6.07 Å². The Morgan fingerprint density at radius 2 is 2.22 bits per heavy atom. The van der Waals surface area contributed by atoms with Crippen LogP contribution in [-0.2, 0) is 4.79 Å². The van der Waals surface area contributed by atoms with E-state index in [2.05, 4.69) is 5.32 Å². The molecule has 5 nitrogen and oxygen atoms in total. The third-order valence-electron chi connectivity index (χ3n) is 2.66. The summed E-state index contributed by atoms with van der Waals surface area (Å²) in [4.78, 5) is 10.6. The fraction of sp³-hybridized carbons (Fsp3) is 0.462. The van der Waals surface area contributed by atoms with Crippen molar-refractivity contribution in [1.29, 1.82) is 0 Å². The minimum absolute atomic E-state index is 0.121. The smallest absolute Gasteiger partial charge is 0.255 e. The average Bonchev–Trinajstić information content (AvgIpc) is 2.25. The van der Waals surface area contributed by atoms with Crippen LogP contribution in [0.2, 0.25) is 0 Å². The zero-order valence-electron chi connectivity index (χ0n) is 10.9. The maximum absolute atomic E-state index is 10.6. The summed E-state index contributed by atoms with van der Waals surface area (Å²) in [5, 5.41) is 13.0. The van der Waals surface area contributed by atoms with Crippen molar-refractivity contribution in [1.82, 2.24) is 0 Å². The highest BCUT2D eigenvalue weighted by Crippen LogP contribution is 2.20. The second-order valence-corrected chi connectivity index (χ2v) is 4.80. The number of amides is 1. The van der Waals surface area contributed by atoms with E-state index >= 15 is 0 Å². The van der Waals surface area contributed by atoms with Gasteiger partial charge in [-0.3, -0.25) is 4.79 Å². The zero-order chi connectivity index (χ0) is 13.8. The van der Waals surface area contributed by atoms with Gasteiger partial charge >= 0.3 is 0 Å². The van der Waals surface area contributed by atoms with Crippen molar-refractivity contribution < 1.29 is 14.6 Å². The normalized spacial score (nSPS) is 12.9. The molecule has 0 aliphatic carbocycles. The van der Waals surface area contributed by atoms with Gasteiger partial charge in [-0.05, 0) is 32.9 Å². The quantitative estimate of drug-likeness (QED) is 0.708. The van der Waals surface area contributed by atoms with E-state index in [1.807, 2.05) is 13.0 Å². The lowest BCUT2D eigenvalue weighted by molar-refractivity contribution is -0.119. The number of nitrogens with two attached hydrogens (primary N) is 1. The summed E-state index contributed by atoms with van der Waals surface area (Å²) in [6.07, 6.45) is 0. The molecule has 0 aliphatic heterocycles. The molecule has 0 heterocycles. The molecule has 1 atom stereocenters. The average molecular weight is 252 g/mol. The van der Waals surface area contributed by atoms with Gasteiger partial charge in [-0.25, -0.2) is 0 Å². The summed E-state index contributed by atoms with van der Waals surface area (Å²) < 4.78 is 5.20. The lowest BCUT2D eigenvalue weighted by Gasteiger charge is -2.27. The number of aliphatic hydroxyl groups is 1. The Balaban J connectivity index is 2.67. The Hall–Kier alpha value is -1.75. The Bertz CT molecular complexity index is 413. The van der Waals surface area contributed by atoms with Crippen molar-refractivity contribution in [2.75, 3.05) is 11.9 Å². The van der Waals surface area contributed by atoms with Crippen LogP contribution in [0.1, 0.15) is 20.8 Å². The van der Waals surface area contributed by atoms with E-state index < -0.39 is 11.5 Å². The minimum Gasteiger partial charge on any atom is -0.484 e. The topological polar surface area (TPSA) is 84.6 Å². The Kier molecular flexibility index (Phi) is 4.55. The van der Waals surface area contributed by atoms with Gasteiger partial charge in [-0.15, -0.1) is 0 Å². The second-order valence-electron chi connectivity index (χ2n) is 4.80. The third kappa shape index (κ3) is 4.63. The van der Waals surface area contributed by atoms with Crippen LogP contribution < -0.4 is 15.8 Å². The lowest BCUT2D eigenvalue weighted by Crippen LogP contribution is -2.39. The van der Waals surface area contributed by atoms with Gasteiger partial charge in [0.15, 0.2) is 6.61 Å². The van der Waals surface area contributed by atoms with E-state index in [1.54, 1.807) is 32.0 Å². The van der Waals surface area contributed by atoms with Crippen LogP contribution in [0, 0.1) is 0 Å². The predicted octanol–water partition coefficient (Wildman–Crippen LogP) is 1.12. The van der Waals surface area contributed by atoms with E-state index in [9.17, 15) is 9.90 Å². The molecule has 1 unspecified atom stereocenters. The van der Waals surface area contributed by atoms with Crippen LogP contribution in [0.5, 0.6) is 5.75 Å². The van der Waals surface area contributed by atoms with E-state index in [4.69, 9.17) is 10.5 Å². The van der Waals surface area contributed by atoms with Gasteiger partial charge < -0.3 is 20.9 Å². The number of nitrogens with one attached hydrogen (secondary N) is 1. The number of primary amides is 1. The monoisotopic (exact) mass is 252 g/mol. The molecule has 0 fully saturated rings. The van der Waals surface area contributed by atoms with Crippen LogP contribution in [0.15, 0.2) is 24.3 Å². The fourth-order valence-corrected chi connectivity index (χ4v) is 1.26. The highest BCUT2D eigenvalue weighted by molar-refractivity contribution is 5.75. The Morgan fingerprint density at radius 1 is 1.56 bits per heavy atom. The van der Waals surface area contributed by atoms with E-state index in [0.29, 0.717) is 5.75 Å². The molecule has 1 aromatic carbocycles. The highest BCUT2D eigenvalue weighted by atomic mass is 16.5. The number of anilines is 1. The van der Waals surface area contributed by atoms with Gasteiger partial charge in [0.1, 0.15) is 5.75 Å². The van der Waals surface area contributed by atoms with Gasteiger partial charge in [0.2, 0.25) is 0 Å². The first-order valence-corrected chi connectivity index (χ1v) is 5.79. The van der Waals surface area contributed by atoms with Gasteiger partial charge in [-0.2, -0.15) is 0 Å². The number of hydrogen-bond acceptors (Lipinski definition) is 4. The van der Waals surface area contributed by atoms with E-state index in [0.717, 1.165) is 5.69 Å². The number of rotatable bonds is 6. The highest BCUT2D eigenvalue weighted by Gasteiger charge is 2.21. The summed E-state index contributed by atoms with van der Waals surface area (Å²) in [5.41, 5.74) is 4.99. The van der Waals surface area contributed by atoms with Crippen LogP contribution in [0.25, 0.3) is 0 Å². The number of carbonyl (C=O) groups is 1. The summed E-state index contributed by atoms with van der Waals surface area (Å²) in [6, 6.07) is 7.03. The summed E-state index contributed by atoms with van der Waals surface area (Å²) in [7, 11) is 0. The lowest BCUT2D eigenvalue weighted by atomic mass is 10.0. The molecule has 0 saturated carbocycles. The van der Waals surface area contributed by atoms with Crippen molar-refractivity contribution in [3.63, 3.8) is 0 Å². The number of hydrogen-bond donors (Lipinski definition) is 3. The maximum atomic E-state index is 10.6. The molecule has 1 rings (SSSR count). The molecule has 0 bridgehead atoms. The third-order valence-corrected chi connectivity index (χ3v) is 2.66. The number of ether oxygens (including phenoxy) is 1. The fourth-order valence-electron chi connectivity index (χ4n) is 1.26. The number of carbonyl (C=O) groups excluding carboxylic acids is 1. The Labute approximate surface area is 107 Å². The van der Waals surface area contributed by atoms with Crippen molar-refractivity contribution in [2.24, 2.45) is 5.73 Å². The van der Waals surface area contributed by atoms with Crippen LogP contribution in [-0.4, -0.2) is 29.3 Å². The molecule has 1 amide bonds. The molecule has 0 aromatic heterocycles. The molecular weight excluding hydrogens is 232 g/mol. The number of benzene rings is 1. The molecule has 5 heteroatoms. The molecule has 100 valence electrons. The summed E-state index contributed by atoms with van der Waals surface area (Å²) in [6.45, 7) is 5.21. The van der Waals surface area contributed by atoms with Crippen molar-refractivity contribution in [3.8, 4) is 5.75 Å². The maximum Gasteiger partial charge on any atom is 0.255 e. The van der Waals surface area contributed by atoms with Crippen LogP contribution in [0.3, 0.4) is 0 Å².